The molecule has 4 heteroatoms. The minimum atomic E-state index is -0.950. The predicted octanol–water partition coefficient (Wildman–Crippen LogP) is 8.77. The highest BCUT2D eigenvalue weighted by atomic mass is 16.6. The fraction of sp³-hybridized carbons (Fsp3) is 0.919. The Hall–Kier alpha value is -0.870. The van der Waals surface area contributed by atoms with Gasteiger partial charge in [0.2, 0.25) is 0 Å². The molecule has 7 rings (SSSR count). The maximum absolute atomic E-state index is 12.7. The van der Waals surface area contributed by atoms with E-state index in [4.69, 9.17) is 4.74 Å². The van der Waals surface area contributed by atoms with Gasteiger partial charge in [-0.25, -0.2) is 0 Å². The molecule has 230 valence electrons. The molecule has 6 aliphatic carbocycles. The van der Waals surface area contributed by atoms with Gasteiger partial charge in [-0.05, 0) is 123 Å². The molecule has 0 aromatic carbocycles. The number of hydrogen-bond donors (Lipinski definition) is 2. The Labute approximate surface area is 249 Å². The second kappa shape index (κ2) is 9.09. The van der Waals surface area contributed by atoms with Crippen LogP contribution in [-0.4, -0.2) is 28.6 Å². The van der Waals surface area contributed by atoms with E-state index in [2.05, 4.69) is 46.8 Å². The summed E-state index contributed by atoms with van der Waals surface area (Å²) < 4.78 is 6.34. The predicted molar refractivity (Wildman–Crippen MR) is 162 cm³/mol. The third-order valence-corrected chi connectivity index (χ3v) is 16.4. The van der Waals surface area contributed by atoms with Gasteiger partial charge < -0.3 is 14.9 Å². The number of carboxylic acids is 1. The number of aliphatic hydroxyl groups is 1. The molecule has 2 bridgehead atoms. The van der Waals surface area contributed by atoms with Gasteiger partial charge in [-0.15, -0.1) is 0 Å². The van der Waals surface area contributed by atoms with E-state index < -0.39 is 17.2 Å². The Morgan fingerprint density at radius 1 is 0.927 bits per heavy atom. The minimum Gasteiger partial charge on any atom is -0.481 e. The van der Waals surface area contributed by atoms with Gasteiger partial charge in [0.05, 0.1) is 12.0 Å². The van der Waals surface area contributed by atoms with Crippen LogP contribution in [-0.2, 0) is 9.53 Å². The van der Waals surface area contributed by atoms with Crippen molar-refractivity contribution in [1.29, 1.82) is 0 Å². The lowest BCUT2D eigenvalue weighted by Crippen LogP contribution is -2.71. The van der Waals surface area contributed by atoms with Crippen molar-refractivity contribution in [3.63, 3.8) is 0 Å². The molecule has 0 unspecified atom stereocenters. The molecule has 1 aliphatic heterocycles. The topological polar surface area (TPSA) is 66.8 Å². The average molecular weight is 567 g/mol. The molecule has 41 heavy (non-hydrogen) atoms. The first-order valence-corrected chi connectivity index (χ1v) is 17.6. The number of fused-ring (bicyclic) bond motifs is 5. The molecule has 1 heterocycles. The molecule has 6 fully saturated rings. The first kappa shape index (κ1) is 28.9. The normalized spacial score (nSPS) is 56.8. The summed E-state index contributed by atoms with van der Waals surface area (Å²) >= 11 is 0. The van der Waals surface area contributed by atoms with E-state index in [0.717, 1.165) is 32.3 Å². The van der Waals surface area contributed by atoms with E-state index in [0.29, 0.717) is 29.1 Å². The van der Waals surface area contributed by atoms with Crippen molar-refractivity contribution in [2.45, 2.75) is 143 Å². The maximum Gasteiger partial charge on any atom is 0.309 e. The first-order valence-electron chi connectivity index (χ1n) is 17.6. The molecule has 5 saturated carbocycles. The quantitative estimate of drug-likeness (QED) is 0.249. The zero-order chi connectivity index (χ0) is 29.1. The summed E-state index contributed by atoms with van der Waals surface area (Å²) in [5.41, 5.74) is 0.548. The number of allylic oxidation sites excluding steroid dienone is 2. The van der Waals surface area contributed by atoms with Crippen LogP contribution in [0.15, 0.2) is 12.2 Å². The molecule has 7 aliphatic rings. The summed E-state index contributed by atoms with van der Waals surface area (Å²) in [5, 5.41) is 22.1. The molecule has 0 amide bonds. The fourth-order valence-electron chi connectivity index (χ4n) is 14.1. The number of aliphatic carboxylic acids is 1. The van der Waals surface area contributed by atoms with Crippen molar-refractivity contribution in [3.8, 4) is 0 Å². The lowest BCUT2D eigenvalue weighted by molar-refractivity contribution is -0.286. The van der Waals surface area contributed by atoms with Crippen LogP contribution in [0, 0.1) is 62.1 Å². The largest absolute Gasteiger partial charge is 0.481 e. The van der Waals surface area contributed by atoms with Gasteiger partial charge in [0.25, 0.3) is 0 Å². The van der Waals surface area contributed by atoms with Crippen LogP contribution < -0.4 is 0 Å². The summed E-state index contributed by atoms with van der Waals surface area (Å²) in [7, 11) is 0. The summed E-state index contributed by atoms with van der Waals surface area (Å²) in [6.07, 6.45) is 23.8. The Kier molecular flexibility index (Phi) is 6.40. The molecule has 2 spiro atoms. The molecule has 4 nitrogen and oxygen atoms in total. The second-order valence-electron chi connectivity index (χ2n) is 17.6. The summed E-state index contributed by atoms with van der Waals surface area (Å²) in [6, 6.07) is 0. The van der Waals surface area contributed by atoms with Crippen LogP contribution in [0.25, 0.3) is 0 Å². The molecular weight excluding hydrogens is 508 g/mol. The van der Waals surface area contributed by atoms with Gasteiger partial charge in [-0.1, -0.05) is 65.5 Å². The first-order chi connectivity index (χ1) is 19.3. The van der Waals surface area contributed by atoms with Gasteiger partial charge in [0.1, 0.15) is 0 Å². The zero-order valence-corrected chi connectivity index (χ0v) is 26.8. The van der Waals surface area contributed by atoms with Crippen molar-refractivity contribution < 1.29 is 19.7 Å². The van der Waals surface area contributed by atoms with Crippen molar-refractivity contribution in [1.82, 2.24) is 0 Å². The van der Waals surface area contributed by atoms with Crippen molar-refractivity contribution >= 4 is 5.97 Å². The Bertz CT molecular complexity index is 1120. The lowest BCUT2D eigenvalue weighted by Gasteiger charge is -2.76. The van der Waals surface area contributed by atoms with E-state index in [1.54, 1.807) is 0 Å². The lowest BCUT2D eigenvalue weighted by atomic mass is 9.27. The van der Waals surface area contributed by atoms with Crippen LogP contribution in [0.2, 0.25) is 0 Å². The standard InChI is InChI=1S/C37H58O4/c1-6-7-8-9-14-36-21-20-34-13-10-11-26-22-37(40)25(2)35(24-41-37,29(26)34)15-12-27(34)33(36,5)19-18-31(3)16-17-32(4,30(38)39)23-28(31)36/h10-11,25-29,40H,6-9,12-24H2,1-5H3,(H,38,39)/t25-,26+,27-,28-,29+,31-,32-,33-,34-,35+,36+,37+/m1/s1. The van der Waals surface area contributed by atoms with E-state index >= 15 is 0 Å². The van der Waals surface area contributed by atoms with Gasteiger partial charge in [-0.2, -0.15) is 0 Å². The fourth-order valence-corrected chi connectivity index (χ4v) is 14.1. The smallest absolute Gasteiger partial charge is 0.309 e. The molecule has 2 N–H and O–H groups in total. The van der Waals surface area contributed by atoms with E-state index in [9.17, 15) is 15.0 Å². The Balaban J connectivity index is 1.33. The summed E-state index contributed by atoms with van der Waals surface area (Å²) in [5.74, 6) is 0.904. The molecule has 1 saturated heterocycles. The molecular formula is C37H58O4. The van der Waals surface area contributed by atoms with Gasteiger partial charge >= 0.3 is 5.97 Å². The third kappa shape index (κ3) is 3.50. The Morgan fingerprint density at radius 2 is 1.71 bits per heavy atom. The summed E-state index contributed by atoms with van der Waals surface area (Å²) in [6.45, 7) is 12.7. The monoisotopic (exact) mass is 566 g/mol. The second-order valence-corrected chi connectivity index (χ2v) is 17.6. The van der Waals surface area contributed by atoms with Crippen molar-refractivity contribution in [2.75, 3.05) is 6.61 Å². The van der Waals surface area contributed by atoms with Gasteiger partial charge in [0, 0.05) is 17.8 Å². The number of unbranched alkanes of at least 4 members (excludes halogenated alkanes) is 3. The summed E-state index contributed by atoms with van der Waals surface area (Å²) in [4.78, 5) is 12.7. The minimum absolute atomic E-state index is 0.103. The van der Waals surface area contributed by atoms with Crippen LogP contribution in [0.4, 0.5) is 0 Å². The highest BCUT2D eigenvalue weighted by molar-refractivity contribution is 5.74. The SMILES string of the molecule is CCCCCC[C@@]12CC[C@]34CC=C[C@H]5C[C@]6(O)OC[C@](CC[C@@H]3[C@@]1(C)CC[C@@]1(C)CC[C@@](C)(C(=O)O)C[C@H]12)([C@@H]54)[C@H]6C. The van der Waals surface area contributed by atoms with Crippen LogP contribution in [0.5, 0.6) is 0 Å². The van der Waals surface area contributed by atoms with E-state index in [1.165, 1.54) is 77.0 Å². The number of rotatable bonds is 6. The van der Waals surface area contributed by atoms with Crippen LogP contribution in [0.1, 0.15) is 137 Å². The third-order valence-electron chi connectivity index (χ3n) is 16.4. The van der Waals surface area contributed by atoms with E-state index in [1.807, 2.05) is 0 Å². The number of carboxylic acid groups (broad SMARTS) is 1. The van der Waals surface area contributed by atoms with E-state index in [-0.39, 0.29) is 27.6 Å². The van der Waals surface area contributed by atoms with Crippen LogP contribution in [0.3, 0.4) is 0 Å². The molecule has 0 aromatic heterocycles. The van der Waals surface area contributed by atoms with Gasteiger partial charge in [-0.3, -0.25) is 4.79 Å². The van der Waals surface area contributed by atoms with Crippen molar-refractivity contribution in [3.05, 3.63) is 12.2 Å². The maximum atomic E-state index is 12.7. The zero-order valence-electron chi connectivity index (χ0n) is 26.8. The van der Waals surface area contributed by atoms with Gasteiger partial charge in [0.15, 0.2) is 5.79 Å². The molecule has 12 atom stereocenters. The average Bonchev–Trinajstić information content (AvgIpc) is 3.08. The van der Waals surface area contributed by atoms with Crippen LogP contribution >= 0.6 is 0 Å². The highest BCUT2D eigenvalue weighted by Crippen LogP contribution is 2.82. The van der Waals surface area contributed by atoms with Crippen molar-refractivity contribution in [2.24, 2.45) is 62.1 Å². The number of ether oxygens (including phenoxy) is 1. The molecule has 0 aromatic rings. The molecule has 0 radical (unpaired) electrons. The number of hydrogen-bond acceptors (Lipinski definition) is 3. The Morgan fingerprint density at radius 3 is 2.46 bits per heavy atom. The number of carbonyl (C=O) groups is 1. The highest BCUT2D eigenvalue weighted by Gasteiger charge is 2.77.